The molecule has 0 saturated carbocycles. The Bertz CT molecular complexity index is 1290. The van der Waals surface area contributed by atoms with Gasteiger partial charge in [0.2, 0.25) is 0 Å². The van der Waals surface area contributed by atoms with Gasteiger partial charge in [-0.15, -0.1) is 6.58 Å². The van der Waals surface area contributed by atoms with Crippen LogP contribution in [0.15, 0.2) is 85.0 Å². The summed E-state index contributed by atoms with van der Waals surface area (Å²) in [5.41, 5.74) is 3.90. The van der Waals surface area contributed by atoms with E-state index in [1.807, 2.05) is 55.5 Å². The molecule has 6 heteroatoms. The van der Waals surface area contributed by atoms with Crippen LogP contribution in [0, 0.1) is 0 Å². The number of allylic oxidation sites excluding steroid dienone is 1. The zero-order valence-corrected chi connectivity index (χ0v) is 20.7. The molecule has 35 heavy (non-hydrogen) atoms. The highest BCUT2D eigenvalue weighted by molar-refractivity contribution is 6.30. The number of hydrogen-bond acceptors (Lipinski definition) is 4. The maximum Gasteiger partial charge on any atom is 0.343 e. The molecule has 0 saturated heterocycles. The second kappa shape index (κ2) is 11.3. The van der Waals surface area contributed by atoms with E-state index in [2.05, 4.69) is 6.58 Å². The summed E-state index contributed by atoms with van der Waals surface area (Å²) in [6.07, 6.45) is 5.89. The minimum atomic E-state index is -0.416. The molecule has 3 aromatic carbocycles. The molecule has 1 heterocycles. The highest BCUT2D eigenvalue weighted by atomic mass is 35.5. The van der Waals surface area contributed by atoms with Gasteiger partial charge < -0.3 is 14.2 Å². The number of rotatable bonds is 9. The SMILES string of the molecule is C=CCc1cc(/C=C2\C=C(c3ccc(Cl)cc3)OC2=O)cc(OCC)c1OCc1ccc(Cl)cc1. The van der Waals surface area contributed by atoms with Gasteiger partial charge in [-0.05, 0) is 85.2 Å². The number of halogens is 2. The highest BCUT2D eigenvalue weighted by Crippen LogP contribution is 2.36. The fraction of sp³-hybridized carbons (Fsp3) is 0.138. The summed E-state index contributed by atoms with van der Waals surface area (Å²) in [6, 6.07) is 18.5. The Labute approximate surface area is 215 Å². The maximum absolute atomic E-state index is 12.6. The minimum absolute atomic E-state index is 0.362. The third-order valence-corrected chi connectivity index (χ3v) is 5.79. The number of benzene rings is 3. The van der Waals surface area contributed by atoms with Gasteiger partial charge in [0, 0.05) is 21.2 Å². The average molecular weight is 507 g/mol. The second-order valence-electron chi connectivity index (χ2n) is 7.85. The molecule has 1 aliphatic rings. The number of ether oxygens (including phenoxy) is 3. The van der Waals surface area contributed by atoms with Crippen LogP contribution in [0.25, 0.3) is 11.8 Å². The van der Waals surface area contributed by atoms with Gasteiger partial charge in [0.1, 0.15) is 12.4 Å². The largest absolute Gasteiger partial charge is 0.490 e. The molecule has 4 nitrogen and oxygen atoms in total. The third kappa shape index (κ3) is 6.16. The third-order valence-electron chi connectivity index (χ3n) is 5.29. The fourth-order valence-electron chi connectivity index (χ4n) is 3.66. The number of hydrogen-bond donors (Lipinski definition) is 0. The Hall–Kier alpha value is -3.47. The van der Waals surface area contributed by atoms with Crippen LogP contribution in [0.5, 0.6) is 11.5 Å². The molecule has 0 aliphatic carbocycles. The van der Waals surface area contributed by atoms with Crippen LogP contribution in [0.4, 0.5) is 0 Å². The molecule has 0 radical (unpaired) electrons. The van der Waals surface area contributed by atoms with Crippen LogP contribution >= 0.6 is 23.2 Å². The van der Waals surface area contributed by atoms with E-state index in [4.69, 9.17) is 37.4 Å². The lowest BCUT2D eigenvalue weighted by Gasteiger charge is -2.17. The van der Waals surface area contributed by atoms with Gasteiger partial charge in [0.05, 0.1) is 12.2 Å². The van der Waals surface area contributed by atoms with Gasteiger partial charge in [-0.1, -0.05) is 41.4 Å². The topological polar surface area (TPSA) is 44.8 Å². The number of esters is 1. The lowest BCUT2D eigenvalue weighted by molar-refractivity contribution is -0.130. The Morgan fingerprint density at radius 1 is 0.971 bits per heavy atom. The van der Waals surface area contributed by atoms with Crippen molar-refractivity contribution in [1.82, 2.24) is 0 Å². The standard InChI is InChI=1S/C29H24Cl2O4/c1-3-5-22-14-20(15-23-17-26(35-29(23)32)21-8-12-25(31)13-9-21)16-27(33-4-2)28(22)34-18-19-6-10-24(30)11-7-19/h3,6-17H,1,4-5,18H2,2H3/b23-15+. The first kappa shape index (κ1) is 24.6. The van der Waals surface area contributed by atoms with Crippen molar-refractivity contribution in [1.29, 1.82) is 0 Å². The van der Waals surface area contributed by atoms with Crippen molar-refractivity contribution in [2.24, 2.45) is 0 Å². The van der Waals surface area contributed by atoms with Crippen LogP contribution in [0.3, 0.4) is 0 Å². The first-order valence-corrected chi connectivity index (χ1v) is 11.9. The average Bonchev–Trinajstić information content (AvgIpc) is 3.20. The van der Waals surface area contributed by atoms with Crippen molar-refractivity contribution in [3.05, 3.63) is 117 Å². The zero-order chi connectivity index (χ0) is 24.8. The fourth-order valence-corrected chi connectivity index (χ4v) is 3.91. The predicted octanol–water partition coefficient (Wildman–Crippen LogP) is 7.68. The molecular formula is C29H24Cl2O4. The van der Waals surface area contributed by atoms with Crippen LogP contribution in [0.2, 0.25) is 10.0 Å². The quantitative estimate of drug-likeness (QED) is 0.169. The molecule has 0 unspecified atom stereocenters. The summed E-state index contributed by atoms with van der Waals surface area (Å²) < 4.78 is 17.6. The Kier molecular flexibility index (Phi) is 7.96. The Morgan fingerprint density at radius 2 is 1.66 bits per heavy atom. The maximum atomic E-state index is 12.6. The lowest BCUT2D eigenvalue weighted by atomic mass is 10.0. The van der Waals surface area contributed by atoms with E-state index in [9.17, 15) is 4.79 Å². The van der Waals surface area contributed by atoms with Gasteiger partial charge in [-0.2, -0.15) is 0 Å². The molecule has 3 aromatic rings. The van der Waals surface area contributed by atoms with Crippen molar-refractivity contribution >= 4 is 41.0 Å². The van der Waals surface area contributed by atoms with E-state index < -0.39 is 5.97 Å². The van der Waals surface area contributed by atoms with E-state index >= 15 is 0 Å². The molecule has 0 N–H and O–H groups in total. The molecule has 0 aromatic heterocycles. The molecule has 0 fully saturated rings. The van der Waals surface area contributed by atoms with E-state index in [1.165, 1.54) is 0 Å². The van der Waals surface area contributed by atoms with Crippen molar-refractivity contribution in [3.63, 3.8) is 0 Å². The smallest absolute Gasteiger partial charge is 0.343 e. The lowest BCUT2D eigenvalue weighted by Crippen LogP contribution is -2.03. The van der Waals surface area contributed by atoms with Crippen molar-refractivity contribution in [2.75, 3.05) is 6.61 Å². The second-order valence-corrected chi connectivity index (χ2v) is 8.73. The van der Waals surface area contributed by atoms with Crippen LogP contribution in [-0.4, -0.2) is 12.6 Å². The zero-order valence-electron chi connectivity index (χ0n) is 19.2. The Morgan fingerprint density at radius 3 is 2.31 bits per heavy atom. The summed E-state index contributed by atoms with van der Waals surface area (Å²) >= 11 is 12.0. The molecule has 0 amide bonds. The summed E-state index contributed by atoms with van der Waals surface area (Å²) in [7, 11) is 0. The van der Waals surface area contributed by atoms with Gasteiger partial charge >= 0.3 is 5.97 Å². The van der Waals surface area contributed by atoms with Gasteiger partial charge in [0.25, 0.3) is 0 Å². The van der Waals surface area contributed by atoms with E-state index in [1.54, 1.807) is 30.4 Å². The van der Waals surface area contributed by atoms with E-state index in [0.717, 1.165) is 22.3 Å². The first-order chi connectivity index (χ1) is 17.0. The predicted molar refractivity (Wildman–Crippen MR) is 141 cm³/mol. The molecule has 0 spiro atoms. The highest BCUT2D eigenvalue weighted by Gasteiger charge is 2.22. The minimum Gasteiger partial charge on any atom is -0.490 e. The summed E-state index contributed by atoms with van der Waals surface area (Å²) in [6.45, 7) is 6.62. The van der Waals surface area contributed by atoms with Gasteiger partial charge in [-0.25, -0.2) is 4.79 Å². The summed E-state index contributed by atoms with van der Waals surface area (Å²) in [5.74, 6) is 1.31. The summed E-state index contributed by atoms with van der Waals surface area (Å²) in [5, 5.41) is 1.29. The van der Waals surface area contributed by atoms with Crippen molar-refractivity contribution in [3.8, 4) is 11.5 Å². The first-order valence-electron chi connectivity index (χ1n) is 11.2. The molecule has 4 rings (SSSR count). The number of carbonyl (C=O) groups excluding carboxylic acids is 1. The van der Waals surface area contributed by atoms with Gasteiger partial charge in [-0.3, -0.25) is 0 Å². The van der Waals surface area contributed by atoms with Crippen LogP contribution < -0.4 is 9.47 Å². The van der Waals surface area contributed by atoms with Crippen LogP contribution in [0.1, 0.15) is 29.2 Å². The Balaban J connectivity index is 1.66. The molecule has 1 aliphatic heterocycles. The van der Waals surface area contributed by atoms with E-state index in [-0.39, 0.29) is 0 Å². The monoisotopic (exact) mass is 506 g/mol. The number of cyclic esters (lactones) is 1. The molecule has 0 atom stereocenters. The molecule has 178 valence electrons. The molecule has 0 bridgehead atoms. The van der Waals surface area contributed by atoms with Crippen LogP contribution in [-0.2, 0) is 22.6 Å². The molecular weight excluding hydrogens is 483 g/mol. The number of carbonyl (C=O) groups is 1. The van der Waals surface area contributed by atoms with Crippen molar-refractivity contribution < 1.29 is 19.0 Å². The summed E-state index contributed by atoms with van der Waals surface area (Å²) in [4.78, 5) is 12.6. The normalized spacial score (nSPS) is 14.0. The van der Waals surface area contributed by atoms with Gasteiger partial charge in [0.15, 0.2) is 11.5 Å². The van der Waals surface area contributed by atoms with E-state index in [0.29, 0.717) is 52.5 Å². The van der Waals surface area contributed by atoms with Crippen molar-refractivity contribution in [2.45, 2.75) is 20.0 Å².